The molecule has 0 radical (unpaired) electrons. The maximum absolute atomic E-state index is 11.8. The fraction of sp³-hybridized carbons (Fsp3) is 0.400. The summed E-state index contributed by atoms with van der Waals surface area (Å²) in [5, 5.41) is 2.87. The zero-order valence-corrected chi connectivity index (χ0v) is 11.9. The quantitative estimate of drug-likeness (QED) is 0.803. The predicted octanol–water partition coefficient (Wildman–Crippen LogP) is 2.68. The minimum Gasteiger partial charge on any atom is -0.497 e. The molecule has 0 atom stereocenters. The van der Waals surface area contributed by atoms with Crippen molar-refractivity contribution in [3.8, 4) is 11.5 Å². The molecule has 1 N–H and O–H groups in total. The van der Waals surface area contributed by atoms with Gasteiger partial charge in [-0.25, -0.2) is 0 Å². The summed E-state index contributed by atoms with van der Waals surface area (Å²) in [5.74, 6) is 1.41. The molecule has 0 heterocycles. The summed E-state index contributed by atoms with van der Waals surface area (Å²) >= 11 is 0. The Morgan fingerprint density at radius 3 is 2.63 bits per heavy atom. The van der Waals surface area contributed by atoms with E-state index in [0.29, 0.717) is 6.54 Å². The maximum Gasteiger partial charge on any atom is 0.246 e. The minimum absolute atomic E-state index is 0.0632. The Bertz CT molecular complexity index is 466. The van der Waals surface area contributed by atoms with Crippen molar-refractivity contribution in [3.63, 3.8) is 0 Å². The van der Waals surface area contributed by atoms with E-state index in [-0.39, 0.29) is 5.91 Å². The molecule has 0 fully saturated rings. The van der Waals surface area contributed by atoms with Crippen LogP contribution in [0.15, 0.2) is 29.8 Å². The third-order valence-electron chi connectivity index (χ3n) is 2.80. The molecular formula is C15H21NO3. The third kappa shape index (κ3) is 4.32. The molecule has 1 aromatic rings. The Hall–Kier alpha value is -1.97. The van der Waals surface area contributed by atoms with Gasteiger partial charge >= 0.3 is 0 Å². The van der Waals surface area contributed by atoms with Crippen LogP contribution >= 0.6 is 0 Å². The predicted molar refractivity (Wildman–Crippen MR) is 75.4 cm³/mol. The summed E-state index contributed by atoms with van der Waals surface area (Å²) < 4.78 is 10.4. The van der Waals surface area contributed by atoms with Gasteiger partial charge in [0.1, 0.15) is 11.5 Å². The van der Waals surface area contributed by atoms with Crippen LogP contribution in [0, 0.1) is 0 Å². The van der Waals surface area contributed by atoms with Crippen molar-refractivity contribution in [2.45, 2.75) is 26.8 Å². The highest BCUT2D eigenvalue weighted by atomic mass is 16.5. The SMILES string of the molecule is CC/C=C(/C)C(=O)NCc1cc(OC)ccc1OC. The van der Waals surface area contributed by atoms with Crippen LogP contribution in [0.25, 0.3) is 0 Å². The molecular weight excluding hydrogens is 242 g/mol. The van der Waals surface area contributed by atoms with E-state index in [4.69, 9.17) is 9.47 Å². The van der Waals surface area contributed by atoms with Crippen LogP contribution < -0.4 is 14.8 Å². The van der Waals surface area contributed by atoms with Gasteiger partial charge in [-0.15, -0.1) is 0 Å². The van der Waals surface area contributed by atoms with Crippen molar-refractivity contribution in [3.05, 3.63) is 35.4 Å². The molecule has 1 amide bonds. The highest BCUT2D eigenvalue weighted by Crippen LogP contribution is 2.23. The number of carbonyl (C=O) groups is 1. The molecule has 0 aliphatic heterocycles. The van der Waals surface area contributed by atoms with E-state index >= 15 is 0 Å². The molecule has 4 heteroatoms. The number of amides is 1. The van der Waals surface area contributed by atoms with Crippen molar-refractivity contribution < 1.29 is 14.3 Å². The zero-order chi connectivity index (χ0) is 14.3. The topological polar surface area (TPSA) is 47.6 Å². The van der Waals surface area contributed by atoms with E-state index in [1.807, 2.05) is 38.1 Å². The van der Waals surface area contributed by atoms with Crippen molar-refractivity contribution >= 4 is 5.91 Å². The van der Waals surface area contributed by atoms with Crippen molar-refractivity contribution in [1.29, 1.82) is 0 Å². The Morgan fingerprint density at radius 1 is 1.32 bits per heavy atom. The molecule has 0 spiro atoms. The number of ether oxygens (including phenoxy) is 2. The average Bonchev–Trinajstić information content (AvgIpc) is 2.44. The lowest BCUT2D eigenvalue weighted by Gasteiger charge is -2.11. The fourth-order valence-electron chi connectivity index (χ4n) is 1.73. The van der Waals surface area contributed by atoms with Crippen LogP contribution in [0.5, 0.6) is 11.5 Å². The number of allylic oxidation sites excluding steroid dienone is 1. The smallest absolute Gasteiger partial charge is 0.246 e. The number of nitrogens with one attached hydrogen (secondary N) is 1. The second kappa shape index (κ2) is 7.46. The summed E-state index contributed by atoms with van der Waals surface area (Å²) in [7, 11) is 3.22. The first-order chi connectivity index (χ1) is 9.12. The van der Waals surface area contributed by atoms with Gasteiger partial charge in [-0.05, 0) is 31.5 Å². The van der Waals surface area contributed by atoms with Gasteiger partial charge in [0.25, 0.3) is 0 Å². The normalized spacial score (nSPS) is 11.1. The molecule has 0 aliphatic carbocycles. The van der Waals surface area contributed by atoms with Crippen LogP contribution in [0.2, 0.25) is 0 Å². The summed E-state index contributed by atoms with van der Waals surface area (Å²) in [6, 6.07) is 5.51. The van der Waals surface area contributed by atoms with Gasteiger partial charge < -0.3 is 14.8 Å². The second-order valence-electron chi connectivity index (χ2n) is 4.16. The molecule has 0 aliphatic rings. The molecule has 0 unspecified atom stereocenters. The Balaban J connectivity index is 2.76. The second-order valence-corrected chi connectivity index (χ2v) is 4.16. The van der Waals surface area contributed by atoms with Gasteiger partial charge in [-0.2, -0.15) is 0 Å². The van der Waals surface area contributed by atoms with Crippen LogP contribution in [-0.2, 0) is 11.3 Å². The van der Waals surface area contributed by atoms with Crippen LogP contribution in [-0.4, -0.2) is 20.1 Å². The van der Waals surface area contributed by atoms with Crippen LogP contribution in [0.4, 0.5) is 0 Å². The molecule has 19 heavy (non-hydrogen) atoms. The van der Waals surface area contributed by atoms with E-state index in [0.717, 1.165) is 29.1 Å². The largest absolute Gasteiger partial charge is 0.497 e. The van der Waals surface area contributed by atoms with E-state index in [9.17, 15) is 4.79 Å². The van der Waals surface area contributed by atoms with Gasteiger partial charge in [0.15, 0.2) is 0 Å². The number of benzene rings is 1. The molecule has 1 rings (SSSR count). The van der Waals surface area contributed by atoms with Gasteiger partial charge in [-0.3, -0.25) is 4.79 Å². The molecule has 0 saturated heterocycles. The number of hydrogen-bond donors (Lipinski definition) is 1. The van der Waals surface area contributed by atoms with E-state index in [1.54, 1.807) is 14.2 Å². The number of rotatable bonds is 6. The Kier molecular flexibility index (Phi) is 5.93. The summed E-state index contributed by atoms with van der Waals surface area (Å²) in [4.78, 5) is 11.8. The van der Waals surface area contributed by atoms with Gasteiger partial charge in [0.05, 0.1) is 14.2 Å². The molecule has 0 bridgehead atoms. The minimum atomic E-state index is -0.0632. The highest BCUT2D eigenvalue weighted by Gasteiger charge is 2.08. The first kappa shape index (κ1) is 15.1. The number of carbonyl (C=O) groups excluding carboxylic acids is 1. The number of methoxy groups -OCH3 is 2. The standard InChI is InChI=1S/C15H21NO3/c1-5-6-11(2)15(17)16-10-12-9-13(18-3)7-8-14(12)19-4/h6-9H,5,10H2,1-4H3,(H,16,17)/b11-6-. The lowest BCUT2D eigenvalue weighted by atomic mass is 10.1. The first-order valence-corrected chi connectivity index (χ1v) is 6.28. The van der Waals surface area contributed by atoms with Crippen LogP contribution in [0.3, 0.4) is 0 Å². The lowest BCUT2D eigenvalue weighted by molar-refractivity contribution is -0.117. The third-order valence-corrected chi connectivity index (χ3v) is 2.80. The summed E-state index contributed by atoms with van der Waals surface area (Å²) in [6.07, 6.45) is 2.75. The molecule has 1 aromatic carbocycles. The first-order valence-electron chi connectivity index (χ1n) is 6.28. The lowest BCUT2D eigenvalue weighted by Crippen LogP contribution is -2.23. The zero-order valence-electron chi connectivity index (χ0n) is 11.9. The Morgan fingerprint density at radius 2 is 2.05 bits per heavy atom. The maximum atomic E-state index is 11.8. The van der Waals surface area contributed by atoms with Gasteiger partial charge in [-0.1, -0.05) is 13.0 Å². The molecule has 0 aromatic heterocycles. The highest BCUT2D eigenvalue weighted by molar-refractivity contribution is 5.92. The summed E-state index contributed by atoms with van der Waals surface area (Å²) in [5.41, 5.74) is 1.61. The molecule has 104 valence electrons. The van der Waals surface area contributed by atoms with E-state index in [1.165, 1.54) is 0 Å². The monoisotopic (exact) mass is 263 g/mol. The molecule has 0 saturated carbocycles. The van der Waals surface area contributed by atoms with Gasteiger partial charge in [0.2, 0.25) is 5.91 Å². The average molecular weight is 263 g/mol. The fourth-order valence-corrected chi connectivity index (χ4v) is 1.73. The van der Waals surface area contributed by atoms with Crippen molar-refractivity contribution in [2.24, 2.45) is 0 Å². The van der Waals surface area contributed by atoms with Crippen molar-refractivity contribution in [1.82, 2.24) is 5.32 Å². The van der Waals surface area contributed by atoms with E-state index < -0.39 is 0 Å². The summed E-state index contributed by atoms with van der Waals surface area (Å²) in [6.45, 7) is 4.22. The van der Waals surface area contributed by atoms with Gasteiger partial charge in [0, 0.05) is 17.7 Å². The molecule has 4 nitrogen and oxygen atoms in total. The Labute approximate surface area is 114 Å². The van der Waals surface area contributed by atoms with Crippen LogP contribution in [0.1, 0.15) is 25.8 Å². The number of hydrogen-bond acceptors (Lipinski definition) is 3. The van der Waals surface area contributed by atoms with E-state index in [2.05, 4.69) is 5.32 Å². The van der Waals surface area contributed by atoms with Crippen molar-refractivity contribution in [2.75, 3.05) is 14.2 Å².